The fraction of sp³-hybridized carbons (Fsp3) is 1.00. The first-order valence-corrected chi connectivity index (χ1v) is 8.98. The maximum absolute atomic E-state index is 6.27. The van der Waals surface area contributed by atoms with Gasteiger partial charge in [0.1, 0.15) is 0 Å². The van der Waals surface area contributed by atoms with E-state index in [9.17, 15) is 0 Å². The van der Waals surface area contributed by atoms with Crippen LogP contribution in [0.5, 0.6) is 0 Å². The normalized spacial score (nSPS) is 27.0. The van der Waals surface area contributed by atoms with Crippen LogP contribution in [0.2, 0.25) is 0 Å². The molecule has 2 atom stereocenters. The third-order valence-electron chi connectivity index (χ3n) is 4.55. The highest BCUT2D eigenvalue weighted by atomic mass is 16.5. The van der Waals surface area contributed by atoms with Crippen LogP contribution in [0.4, 0.5) is 0 Å². The Hall–Kier alpha value is -0.120. The zero-order valence-corrected chi connectivity index (χ0v) is 14.8. The van der Waals surface area contributed by atoms with Gasteiger partial charge in [-0.3, -0.25) is 4.90 Å². The van der Waals surface area contributed by atoms with Gasteiger partial charge in [0.2, 0.25) is 0 Å². The van der Waals surface area contributed by atoms with Crippen molar-refractivity contribution >= 4 is 0 Å². The lowest BCUT2D eigenvalue weighted by Crippen LogP contribution is -2.41. The number of hydrogen-bond acceptors (Lipinski definition) is 3. The SMILES string of the molecule is CC(C)CCN(CC1CCC(CNC(C)(C)C)O1)C1CC1. The van der Waals surface area contributed by atoms with E-state index in [1.807, 2.05) is 0 Å². The second-order valence-corrected chi connectivity index (χ2v) is 8.50. The third-order valence-corrected chi connectivity index (χ3v) is 4.55. The van der Waals surface area contributed by atoms with E-state index in [-0.39, 0.29) is 5.54 Å². The Balaban J connectivity index is 1.70. The van der Waals surface area contributed by atoms with Gasteiger partial charge in [0.05, 0.1) is 12.2 Å². The lowest BCUT2D eigenvalue weighted by atomic mass is 10.1. The summed E-state index contributed by atoms with van der Waals surface area (Å²) < 4.78 is 6.27. The van der Waals surface area contributed by atoms with Gasteiger partial charge in [-0.1, -0.05) is 13.8 Å². The Morgan fingerprint density at radius 3 is 2.33 bits per heavy atom. The van der Waals surface area contributed by atoms with Crippen molar-refractivity contribution in [2.45, 2.75) is 90.5 Å². The average molecular weight is 296 g/mol. The summed E-state index contributed by atoms with van der Waals surface area (Å²) in [6, 6.07) is 0.860. The second kappa shape index (κ2) is 7.43. The van der Waals surface area contributed by atoms with E-state index in [4.69, 9.17) is 4.74 Å². The van der Waals surface area contributed by atoms with Gasteiger partial charge < -0.3 is 10.1 Å². The largest absolute Gasteiger partial charge is 0.372 e. The predicted molar refractivity (Wildman–Crippen MR) is 89.7 cm³/mol. The Bertz CT molecular complexity index is 307. The van der Waals surface area contributed by atoms with Crippen LogP contribution in [-0.2, 0) is 4.74 Å². The van der Waals surface area contributed by atoms with E-state index >= 15 is 0 Å². The van der Waals surface area contributed by atoms with Crippen LogP contribution in [0.1, 0.15) is 66.7 Å². The molecule has 21 heavy (non-hydrogen) atoms. The quantitative estimate of drug-likeness (QED) is 0.742. The van der Waals surface area contributed by atoms with Crippen molar-refractivity contribution < 1.29 is 4.74 Å². The van der Waals surface area contributed by atoms with Crippen molar-refractivity contribution in [3.05, 3.63) is 0 Å². The molecule has 0 aromatic heterocycles. The van der Waals surface area contributed by atoms with Gasteiger partial charge in [0.25, 0.3) is 0 Å². The van der Waals surface area contributed by atoms with E-state index in [0.717, 1.165) is 25.0 Å². The first-order valence-electron chi connectivity index (χ1n) is 8.98. The molecular formula is C18H36N2O. The summed E-state index contributed by atoms with van der Waals surface area (Å²) in [6.45, 7) is 14.7. The summed E-state index contributed by atoms with van der Waals surface area (Å²) in [6.07, 6.45) is 7.46. The lowest BCUT2D eigenvalue weighted by molar-refractivity contribution is 0.0185. The first-order chi connectivity index (χ1) is 9.83. The molecule has 0 amide bonds. The number of rotatable bonds is 8. The monoisotopic (exact) mass is 296 g/mol. The van der Waals surface area contributed by atoms with Gasteiger partial charge in [0.15, 0.2) is 0 Å². The minimum atomic E-state index is 0.193. The standard InChI is InChI=1S/C18H36N2O/c1-14(2)10-11-20(15-6-7-15)13-17-9-8-16(21-17)12-19-18(3,4)5/h14-17,19H,6-13H2,1-5H3. The molecule has 0 spiro atoms. The Morgan fingerprint density at radius 2 is 1.76 bits per heavy atom. The Kier molecular flexibility index (Phi) is 6.10. The maximum Gasteiger partial charge on any atom is 0.0707 e. The number of hydrogen-bond donors (Lipinski definition) is 1. The molecule has 2 aliphatic rings. The first kappa shape index (κ1) is 17.2. The van der Waals surface area contributed by atoms with E-state index in [1.165, 1.54) is 38.6 Å². The van der Waals surface area contributed by atoms with Crippen molar-refractivity contribution in [1.29, 1.82) is 0 Å². The number of nitrogens with zero attached hydrogens (tertiary/aromatic N) is 1. The molecule has 3 nitrogen and oxygen atoms in total. The fourth-order valence-electron chi connectivity index (χ4n) is 3.03. The molecule has 1 saturated heterocycles. The molecule has 2 unspecified atom stereocenters. The molecule has 1 heterocycles. The van der Waals surface area contributed by atoms with Crippen molar-refractivity contribution in [3.63, 3.8) is 0 Å². The van der Waals surface area contributed by atoms with Crippen LogP contribution >= 0.6 is 0 Å². The van der Waals surface area contributed by atoms with E-state index < -0.39 is 0 Å². The van der Waals surface area contributed by atoms with E-state index in [1.54, 1.807) is 0 Å². The van der Waals surface area contributed by atoms with Crippen molar-refractivity contribution in [1.82, 2.24) is 10.2 Å². The topological polar surface area (TPSA) is 24.5 Å². The molecule has 0 aromatic carbocycles. The number of ether oxygens (including phenoxy) is 1. The summed E-state index contributed by atoms with van der Waals surface area (Å²) in [4.78, 5) is 2.70. The van der Waals surface area contributed by atoms with Gasteiger partial charge in [-0.05, 0) is 65.3 Å². The van der Waals surface area contributed by atoms with Crippen molar-refractivity contribution in [2.75, 3.05) is 19.6 Å². The van der Waals surface area contributed by atoms with Gasteiger partial charge in [-0.15, -0.1) is 0 Å². The highest BCUT2D eigenvalue weighted by Gasteiger charge is 2.33. The number of nitrogens with one attached hydrogen (secondary N) is 1. The second-order valence-electron chi connectivity index (χ2n) is 8.50. The highest BCUT2D eigenvalue weighted by Crippen LogP contribution is 2.30. The zero-order valence-electron chi connectivity index (χ0n) is 14.8. The lowest BCUT2D eigenvalue weighted by Gasteiger charge is -2.27. The van der Waals surface area contributed by atoms with Crippen LogP contribution in [0.3, 0.4) is 0 Å². The summed E-state index contributed by atoms with van der Waals surface area (Å²) in [5.74, 6) is 0.805. The fourth-order valence-corrected chi connectivity index (χ4v) is 3.03. The highest BCUT2D eigenvalue weighted by molar-refractivity contribution is 4.88. The molecule has 2 fully saturated rings. The Morgan fingerprint density at radius 1 is 1.10 bits per heavy atom. The minimum absolute atomic E-state index is 0.193. The van der Waals surface area contributed by atoms with Crippen LogP contribution in [0.15, 0.2) is 0 Å². The summed E-state index contributed by atoms with van der Waals surface area (Å²) in [7, 11) is 0. The predicted octanol–water partition coefficient (Wildman–Crippen LogP) is 3.43. The molecule has 1 N–H and O–H groups in total. The molecule has 1 saturated carbocycles. The molecule has 0 bridgehead atoms. The van der Waals surface area contributed by atoms with Crippen molar-refractivity contribution in [3.8, 4) is 0 Å². The van der Waals surface area contributed by atoms with E-state index in [2.05, 4.69) is 44.8 Å². The van der Waals surface area contributed by atoms with Crippen LogP contribution < -0.4 is 5.32 Å². The molecule has 0 radical (unpaired) electrons. The van der Waals surface area contributed by atoms with Crippen LogP contribution in [0.25, 0.3) is 0 Å². The molecule has 124 valence electrons. The molecular weight excluding hydrogens is 260 g/mol. The van der Waals surface area contributed by atoms with Crippen molar-refractivity contribution in [2.24, 2.45) is 5.92 Å². The third kappa shape index (κ3) is 6.66. The molecule has 1 aliphatic carbocycles. The zero-order chi connectivity index (χ0) is 15.5. The summed E-state index contributed by atoms with van der Waals surface area (Å²) in [5.41, 5.74) is 0.193. The molecule has 3 heteroatoms. The average Bonchev–Trinajstić information content (AvgIpc) is 3.12. The summed E-state index contributed by atoms with van der Waals surface area (Å²) >= 11 is 0. The van der Waals surface area contributed by atoms with Gasteiger partial charge >= 0.3 is 0 Å². The summed E-state index contributed by atoms with van der Waals surface area (Å²) in [5, 5.41) is 3.57. The smallest absolute Gasteiger partial charge is 0.0707 e. The molecule has 0 aromatic rings. The maximum atomic E-state index is 6.27. The van der Waals surface area contributed by atoms with Crippen LogP contribution in [-0.4, -0.2) is 48.3 Å². The van der Waals surface area contributed by atoms with Crippen LogP contribution in [0, 0.1) is 5.92 Å². The van der Waals surface area contributed by atoms with Gasteiger partial charge in [-0.2, -0.15) is 0 Å². The molecule has 1 aliphatic heterocycles. The van der Waals surface area contributed by atoms with Gasteiger partial charge in [-0.25, -0.2) is 0 Å². The molecule has 2 rings (SSSR count). The Labute approximate surface area is 131 Å². The van der Waals surface area contributed by atoms with E-state index in [0.29, 0.717) is 12.2 Å². The van der Waals surface area contributed by atoms with Gasteiger partial charge in [0, 0.05) is 24.7 Å². The minimum Gasteiger partial charge on any atom is -0.372 e.